The van der Waals surface area contributed by atoms with Gasteiger partial charge in [-0.2, -0.15) is 0 Å². The molecule has 6 nitrogen and oxygen atoms in total. The molecule has 1 heterocycles. The molecule has 22 heavy (non-hydrogen) atoms. The number of amides is 2. The van der Waals surface area contributed by atoms with E-state index in [0.29, 0.717) is 25.8 Å². The number of hydrogen-bond acceptors (Lipinski definition) is 5. The van der Waals surface area contributed by atoms with E-state index in [9.17, 15) is 14.4 Å². The summed E-state index contributed by atoms with van der Waals surface area (Å²) in [4.78, 5) is 34.7. The standard InChI is InChI=1S/C16H20N2O4/c1-22-16(21)13(9-11-5-3-2-4-6-11)17-10-12-7-8-14(19)18-15(12)20/h2-6,12-13,17H,7-10H2,1H3,(H,18,19,20)/t12?,13-/m0/s1. The van der Waals surface area contributed by atoms with Crippen molar-refractivity contribution in [2.45, 2.75) is 25.3 Å². The lowest BCUT2D eigenvalue weighted by Crippen LogP contribution is -2.48. The average Bonchev–Trinajstić information content (AvgIpc) is 2.53. The Morgan fingerprint density at radius 2 is 2.09 bits per heavy atom. The molecule has 2 amide bonds. The first-order valence-electron chi connectivity index (χ1n) is 7.29. The van der Waals surface area contributed by atoms with Crippen molar-refractivity contribution in [3.63, 3.8) is 0 Å². The van der Waals surface area contributed by atoms with Gasteiger partial charge in [-0.25, -0.2) is 0 Å². The molecule has 6 heteroatoms. The van der Waals surface area contributed by atoms with E-state index in [0.717, 1.165) is 5.56 Å². The number of imide groups is 1. The van der Waals surface area contributed by atoms with Gasteiger partial charge in [-0.15, -0.1) is 0 Å². The van der Waals surface area contributed by atoms with E-state index in [1.54, 1.807) is 0 Å². The topological polar surface area (TPSA) is 84.5 Å². The summed E-state index contributed by atoms with van der Waals surface area (Å²) in [6.07, 6.45) is 1.32. The fraction of sp³-hybridized carbons (Fsp3) is 0.438. The van der Waals surface area contributed by atoms with Crippen LogP contribution in [0.3, 0.4) is 0 Å². The smallest absolute Gasteiger partial charge is 0.323 e. The Hall–Kier alpha value is -2.21. The predicted molar refractivity (Wildman–Crippen MR) is 79.8 cm³/mol. The van der Waals surface area contributed by atoms with Crippen LogP contribution in [0.5, 0.6) is 0 Å². The Bertz CT molecular complexity index is 544. The van der Waals surface area contributed by atoms with E-state index in [-0.39, 0.29) is 23.7 Å². The maximum atomic E-state index is 11.9. The molecule has 1 aliphatic rings. The Kier molecular flexibility index (Phi) is 5.66. The van der Waals surface area contributed by atoms with Gasteiger partial charge in [-0.05, 0) is 18.4 Å². The van der Waals surface area contributed by atoms with Gasteiger partial charge in [0, 0.05) is 13.0 Å². The van der Waals surface area contributed by atoms with Crippen LogP contribution in [0.4, 0.5) is 0 Å². The van der Waals surface area contributed by atoms with Gasteiger partial charge in [0.25, 0.3) is 0 Å². The third-order valence-electron chi connectivity index (χ3n) is 3.73. The van der Waals surface area contributed by atoms with Crippen LogP contribution in [0.1, 0.15) is 18.4 Å². The summed E-state index contributed by atoms with van der Waals surface area (Å²) >= 11 is 0. The molecule has 0 saturated carbocycles. The number of benzene rings is 1. The molecule has 0 spiro atoms. The monoisotopic (exact) mass is 304 g/mol. The van der Waals surface area contributed by atoms with Crippen molar-refractivity contribution in [2.75, 3.05) is 13.7 Å². The van der Waals surface area contributed by atoms with Crippen molar-refractivity contribution in [2.24, 2.45) is 5.92 Å². The lowest BCUT2D eigenvalue weighted by molar-refractivity contribution is -0.144. The van der Waals surface area contributed by atoms with Gasteiger partial charge in [0.2, 0.25) is 11.8 Å². The zero-order chi connectivity index (χ0) is 15.9. The number of esters is 1. The van der Waals surface area contributed by atoms with Crippen LogP contribution in [-0.2, 0) is 25.5 Å². The highest BCUT2D eigenvalue weighted by molar-refractivity contribution is 5.98. The molecule has 0 radical (unpaired) electrons. The van der Waals surface area contributed by atoms with E-state index in [4.69, 9.17) is 4.74 Å². The third kappa shape index (κ3) is 4.39. The summed E-state index contributed by atoms with van der Waals surface area (Å²) in [6, 6.07) is 9.08. The van der Waals surface area contributed by atoms with Crippen molar-refractivity contribution in [1.82, 2.24) is 10.6 Å². The molecule has 118 valence electrons. The number of methoxy groups -OCH3 is 1. The minimum atomic E-state index is -0.516. The Morgan fingerprint density at radius 3 is 2.73 bits per heavy atom. The molecular weight excluding hydrogens is 284 g/mol. The fourth-order valence-electron chi connectivity index (χ4n) is 2.45. The summed E-state index contributed by atoms with van der Waals surface area (Å²) in [5.74, 6) is -1.20. The lowest BCUT2D eigenvalue weighted by atomic mass is 9.97. The maximum Gasteiger partial charge on any atom is 0.323 e. The number of piperidine rings is 1. The molecule has 0 bridgehead atoms. The Morgan fingerprint density at radius 1 is 1.36 bits per heavy atom. The average molecular weight is 304 g/mol. The molecule has 0 aromatic heterocycles. The van der Waals surface area contributed by atoms with Crippen LogP contribution in [0.15, 0.2) is 30.3 Å². The van der Waals surface area contributed by atoms with Gasteiger partial charge in [-0.3, -0.25) is 19.7 Å². The molecule has 1 aliphatic heterocycles. The summed E-state index contributed by atoms with van der Waals surface area (Å²) in [7, 11) is 1.34. The first kappa shape index (κ1) is 16.2. The number of hydrogen-bond donors (Lipinski definition) is 2. The molecule has 1 aromatic rings. The van der Waals surface area contributed by atoms with Gasteiger partial charge < -0.3 is 10.1 Å². The largest absolute Gasteiger partial charge is 0.468 e. The number of nitrogens with one attached hydrogen (secondary N) is 2. The highest BCUT2D eigenvalue weighted by Crippen LogP contribution is 2.12. The Labute approximate surface area is 129 Å². The summed E-state index contributed by atoms with van der Waals surface area (Å²) < 4.78 is 4.81. The first-order chi connectivity index (χ1) is 10.6. The third-order valence-corrected chi connectivity index (χ3v) is 3.73. The number of carbonyl (C=O) groups excluding carboxylic acids is 3. The molecule has 2 rings (SSSR count). The van der Waals surface area contributed by atoms with Crippen LogP contribution in [-0.4, -0.2) is 37.5 Å². The molecule has 2 N–H and O–H groups in total. The number of carbonyl (C=O) groups is 3. The van der Waals surface area contributed by atoms with Crippen LogP contribution in [0, 0.1) is 5.92 Å². The van der Waals surface area contributed by atoms with Crippen LogP contribution < -0.4 is 10.6 Å². The van der Waals surface area contributed by atoms with Crippen molar-refractivity contribution in [3.8, 4) is 0 Å². The zero-order valence-electron chi connectivity index (χ0n) is 12.5. The molecule has 0 aliphatic carbocycles. The predicted octanol–water partition coefficient (Wildman–Crippen LogP) is 0.413. The lowest BCUT2D eigenvalue weighted by Gasteiger charge is -2.23. The molecular formula is C16H20N2O4. The van der Waals surface area contributed by atoms with Gasteiger partial charge in [-0.1, -0.05) is 30.3 Å². The van der Waals surface area contributed by atoms with Gasteiger partial charge >= 0.3 is 5.97 Å². The van der Waals surface area contributed by atoms with Crippen LogP contribution >= 0.6 is 0 Å². The van der Waals surface area contributed by atoms with Crippen LogP contribution in [0.25, 0.3) is 0 Å². The summed E-state index contributed by atoms with van der Waals surface area (Å²) in [6.45, 7) is 0.339. The minimum Gasteiger partial charge on any atom is -0.468 e. The van der Waals surface area contributed by atoms with E-state index in [2.05, 4.69) is 10.6 Å². The van der Waals surface area contributed by atoms with E-state index in [1.165, 1.54) is 7.11 Å². The molecule has 2 atom stereocenters. The quantitative estimate of drug-likeness (QED) is 0.587. The molecule has 1 saturated heterocycles. The summed E-state index contributed by atoms with van der Waals surface area (Å²) in [5.41, 5.74) is 1.01. The van der Waals surface area contributed by atoms with Gasteiger partial charge in [0.05, 0.1) is 13.0 Å². The highest BCUT2D eigenvalue weighted by Gasteiger charge is 2.28. The second-order valence-corrected chi connectivity index (χ2v) is 5.32. The van der Waals surface area contributed by atoms with Gasteiger partial charge in [0.15, 0.2) is 0 Å². The number of ether oxygens (including phenoxy) is 1. The molecule has 1 aromatic carbocycles. The van der Waals surface area contributed by atoms with Crippen LogP contribution in [0.2, 0.25) is 0 Å². The van der Waals surface area contributed by atoms with Crippen molar-refractivity contribution in [3.05, 3.63) is 35.9 Å². The first-order valence-corrected chi connectivity index (χ1v) is 7.29. The highest BCUT2D eigenvalue weighted by atomic mass is 16.5. The minimum absolute atomic E-state index is 0.241. The molecule has 1 fully saturated rings. The SMILES string of the molecule is COC(=O)[C@H](Cc1ccccc1)NCC1CCC(=O)NC1=O. The zero-order valence-corrected chi connectivity index (χ0v) is 12.5. The maximum absolute atomic E-state index is 11.9. The Balaban J connectivity index is 1.94. The summed E-state index contributed by atoms with van der Waals surface area (Å²) in [5, 5.41) is 5.40. The van der Waals surface area contributed by atoms with Crippen molar-refractivity contribution >= 4 is 17.8 Å². The van der Waals surface area contributed by atoms with Crippen molar-refractivity contribution < 1.29 is 19.1 Å². The van der Waals surface area contributed by atoms with E-state index >= 15 is 0 Å². The fourth-order valence-corrected chi connectivity index (χ4v) is 2.45. The van der Waals surface area contributed by atoms with Gasteiger partial charge in [0.1, 0.15) is 6.04 Å². The van der Waals surface area contributed by atoms with E-state index in [1.807, 2.05) is 30.3 Å². The molecule has 1 unspecified atom stereocenters. The second kappa shape index (κ2) is 7.70. The normalized spacial score (nSPS) is 19.4. The van der Waals surface area contributed by atoms with E-state index < -0.39 is 6.04 Å². The van der Waals surface area contributed by atoms with Crippen molar-refractivity contribution in [1.29, 1.82) is 0 Å². The number of rotatable bonds is 6. The second-order valence-electron chi connectivity index (χ2n) is 5.32.